The van der Waals surface area contributed by atoms with E-state index in [0.29, 0.717) is 28.2 Å². The molecule has 1 aromatic heterocycles. The van der Waals surface area contributed by atoms with Crippen molar-refractivity contribution in [3.63, 3.8) is 0 Å². The predicted octanol–water partition coefficient (Wildman–Crippen LogP) is 2.89. The molecule has 2 N–H and O–H groups in total. The fourth-order valence-electron chi connectivity index (χ4n) is 1.80. The van der Waals surface area contributed by atoms with Crippen molar-refractivity contribution in [3.05, 3.63) is 48.0 Å². The molecule has 0 radical (unpaired) electrons. The summed E-state index contributed by atoms with van der Waals surface area (Å²) in [5.41, 5.74) is 9.17. The highest BCUT2D eigenvalue weighted by Gasteiger charge is 2.09. The fourth-order valence-corrected chi connectivity index (χ4v) is 1.80. The second-order valence-corrected chi connectivity index (χ2v) is 3.95. The monoisotopic (exact) mass is 238 g/mol. The van der Waals surface area contributed by atoms with E-state index in [9.17, 15) is 4.79 Å². The molecule has 0 aliphatic heterocycles. The van der Waals surface area contributed by atoms with Gasteiger partial charge in [0.15, 0.2) is 5.58 Å². The lowest BCUT2D eigenvalue weighted by molar-refractivity contribution is 0.112. The molecule has 0 saturated heterocycles. The number of nitrogen functional groups attached to an aromatic ring is 1. The zero-order valence-electron chi connectivity index (χ0n) is 9.46. The fraction of sp³-hybridized carbons (Fsp3) is 0. The smallest absolute Gasteiger partial charge is 0.227 e. The lowest BCUT2D eigenvalue weighted by Gasteiger charge is -1.94. The van der Waals surface area contributed by atoms with Crippen LogP contribution in [0.3, 0.4) is 0 Å². The summed E-state index contributed by atoms with van der Waals surface area (Å²) in [6.45, 7) is 0. The molecule has 3 rings (SSSR count). The van der Waals surface area contributed by atoms with Crippen molar-refractivity contribution >= 4 is 23.1 Å². The molecule has 1 heterocycles. The number of aldehydes is 1. The standard InChI is InChI=1S/C14H10N2O2/c15-11-2-1-3-12-13(11)16-14(18-12)10-6-4-9(8-17)5-7-10/h1-8H,15H2. The van der Waals surface area contributed by atoms with Crippen molar-refractivity contribution in [3.8, 4) is 11.5 Å². The van der Waals surface area contributed by atoms with Gasteiger partial charge in [-0.05, 0) is 24.3 Å². The van der Waals surface area contributed by atoms with Gasteiger partial charge in [-0.15, -0.1) is 0 Å². The predicted molar refractivity (Wildman–Crippen MR) is 69.2 cm³/mol. The first kappa shape index (κ1) is 10.5. The van der Waals surface area contributed by atoms with Crippen LogP contribution in [0, 0.1) is 0 Å². The molecule has 0 saturated carbocycles. The lowest BCUT2D eigenvalue weighted by atomic mass is 10.1. The Balaban J connectivity index is 2.13. The van der Waals surface area contributed by atoms with Crippen LogP contribution in [0.15, 0.2) is 46.9 Å². The molecule has 2 aromatic carbocycles. The van der Waals surface area contributed by atoms with Crippen molar-refractivity contribution in [2.45, 2.75) is 0 Å². The number of fused-ring (bicyclic) bond motifs is 1. The number of carbonyl (C=O) groups excluding carboxylic acids is 1. The molecule has 3 aromatic rings. The van der Waals surface area contributed by atoms with E-state index in [0.717, 1.165) is 11.8 Å². The van der Waals surface area contributed by atoms with Crippen LogP contribution in [0.5, 0.6) is 0 Å². The van der Waals surface area contributed by atoms with Crippen LogP contribution in [-0.4, -0.2) is 11.3 Å². The molecular formula is C14H10N2O2. The maximum absolute atomic E-state index is 10.6. The van der Waals surface area contributed by atoms with Gasteiger partial charge in [-0.25, -0.2) is 4.98 Å². The van der Waals surface area contributed by atoms with Crippen molar-refractivity contribution in [2.75, 3.05) is 5.73 Å². The Kier molecular flexibility index (Phi) is 2.34. The number of nitrogens with zero attached hydrogens (tertiary/aromatic N) is 1. The average Bonchev–Trinajstić information content (AvgIpc) is 2.84. The topological polar surface area (TPSA) is 69.1 Å². The van der Waals surface area contributed by atoms with Gasteiger partial charge in [0.2, 0.25) is 5.89 Å². The first-order valence-corrected chi connectivity index (χ1v) is 5.48. The number of benzene rings is 2. The van der Waals surface area contributed by atoms with Crippen LogP contribution in [0.4, 0.5) is 5.69 Å². The second kappa shape index (κ2) is 4.00. The van der Waals surface area contributed by atoms with Crippen LogP contribution in [-0.2, 0) is 0 Å². The molecule has 0 amide bonds. The van der Waals surface area contributed by atoms with Crippen molar-refractivity contribution in [1.82, 2.24) is 4.98 Å². The Labute approximate surface area is 103 Å². The van der Waals surface area contributed by atoms with E-state index >= 15 is 0 Å². The van der Waals surface area contributed by atoms with E-state index < -0.39 is 0 Å². The number of hydrogen-bond acceptors (Lipinski definition) is 4. The largest absolute Gasteiger partial charge is 0.436 e. The number of hydrogen-bond donors (Lipinski definition) is 1. The number of anilines is 1. The van der Waals surface area contributed by atoms with Crippen molar-refractivity contribution in [1.29, 1.82) is 0 Å². The van der Waals surface area contributed by atoms with Gasteiger partial charge in [0.1, 0.15) is 11.8 Å². The van der Waals surface area contributed by atoms with Gasteiger partial charge in [-0.3, -0.25) is 4.79 Å². The minimum atomic E-state index is 0.500. The summed E-state index contributed by atoms with van der Waals surface area (Å²) in [6.07, 6.45) is 0.799. The summed E-state index contributed by atoms with van der Waals surface area (Å²) in [7, 11) is 0. The molecule has 4 nitrogen and oxygen atoms in total. The summed E-state index contributed by atoms with van der Waals surface area (Å²) in [4.78, 5) is 14.9. The molecule has 0 fully saturated rings. The highest BCUT2D eigenvalue weighted by molar-refractivity contribution is 5.87. The van der Waals surface area contributed by atoms with Crippen LogP contribution >= 0.6 is 0 Å². The quantitative estimate of drug-likeness (QED) is 0.550. The number of aromatic nitrogens is 1. The average molecular weight is 238 g/mol. The minimum Gasteiger partial charge on any atom is -0.436 e. The van der Waals surface area contributed by atoms with Crippen LogP contribution in [0.1, 0.15) is 10.4 Å². The van der Waals surface area contributed by atoms with E-state index in [1.54, 1.807) is 30.3 Å². The van der Waals surface area contributed by atoms with Crippen LogP contribution in [0.25, 0.3) is 22.6 Å². The number of oxazole rings is 1. The third-order valence-corrected chi connectivity index (χ3v) is 2.74. The lowest BCUT2D eigenvalue weighted by Crippen LogP contribution is -1.85. The SMILES string of the molecule is Nc1cccc2oc(-c3ccc(C=O)cc3)nc12. The van der Waals surface area contributed by atoms with Gasteiger partial charge < -0.3 is 10.2 Å². The van der Waals surface area contributed by atoms with Gasteiger partial charge in [0.25, 0.3) is 0 Å². The third kappa shape index (κ3) is 1.64. The summed E-state index contributed by atoms with van der Waals surface area (Å²) in [5.74, 6) is 0.500. The first-order valence-electron chi connectivity index (χ1n) is 5.48. The highest BCUT2D eigenvalue weighted by atomic mass is 16.3. The summed E-state index contributed by atoms with van der Waals surface area (Å²) < 4.78 is 5.63. The van der Waals surface area contributed by atoms with E-state index in [1.165, 1.54) is 0 Å². The molecule has 0 spiro atoms. The summed E-state index contributed by atoms with van der Waals surface area (Å²) in [6, 6.07) is 12.5. The van der Waals surface area contributed by atoms with Gasteiger partial charge in [0.05, 0.1) is 5.69 Å². The van der Waals surface area contributed by atoms with Crippen molar-refractivity contribution < 1.29 is 9.21 Å². The van der Waals surface area contributed by atoms with Gasteiger partial charge in [0, 0.05) is 11.1 Å². The van der Waals surface area contributed by atoms with Crippen LogP contribution < -0.4 is 5.73 Å². The van der Waals surface area contributed by atoms with Gasteiger partial charge >= 0.3 is 0 Å². The maximum atomic E-state index is 10.6. The minimum absolute atomic E-state index is 0.500. The van der Waals surface area contributed by atoms with E-state index in [2.05, 4.69) is 4.98 Å². The summed E-state index contributed by atoms with van der Waals surface area (Å²) in [5, 5.41) is 0. The molecule has 0 unspecified atom stereocenters. The Morgan fingerprint density at radius 1 is 1.11 bits per heavy atom. The Morgan fingerprint density at radius 3 is 2.56 bits per heavy atom. The van der Waals surface area contributed by atoms with Crippen LogP contribution in [0.2, 0.25) is 0 Å². The molecule has 0 atom stereocenters. The second-order valence-electron chi connectivity index (χ2n) is 3.95. The molecule has 88 valence electrons. The Hall–Kier alpha value is -2.62. The normalized spacial score (nSPS) is 10.7. The number of para-hydroxylation sites is 1. The Morgan fingerprint density at radius 2 is 1.89 bits per heavy atom. The number of carbonyl (C=O) groups is 1. The number of nitrogens with two attached hydrogens (primary N) is 1. The molecular weight excluding hydrogens is 228 g/mol. The van der Waals surface area contributed by atoms with E-state index in [1.807, 2.05) is 12.1 Å². The first-order chi connectivity index (χ1) is 8.78. The van der Waals surface area contributed by atoms with Crippen molar-refractivity contribution in [2.24, 2.45) is 0 Å². The van der Waals surface area contributed by atoms with Gasteiger partial charge in [-0.2, -0.15) is 0 Å². The summed E-state index contributed by atoms with van der Waals surface area (Å²) >= 11 is 0. The zero-order chi connectivity index (χ0) is 12.5. The number of rotatable bonds is 2. The molecule has 0 aliphatic carbocycles. The third-order valence-electron chi connectivity index (χ3n) is 2.74. The Bertz CT molecular complexity index is 714. The molecule has 0 aliphatic rings. The maximum Gasteiger partial charge on any atom is 0.227 e. The molecule has 18 heavy (non-hydrogen) atoms. The highest BCUT2D eigenvalue weighted by Crippen LogP contribution is 2.27. The zero-order valence-corrected chi connectivity index (χ0v) is 9.46. The van der Waals surface area contributed by atoms with E-state index in [-0.39, 0.29) is 0 Å². The van der Waals surface area contributed by atoms with Gasteiger partial charge in [-0.1, -0.05) is 18.2 Å². The molecule has 0 bridgehead atoms. The molecule has 4 heteroatoms. The van der Waals surface area contributed by atoms with E-state index in [4.69, 9.17) is 10.2 Å².